The number of hydrogen-bond donors (Lipinski definition) is 2. The van der Waals surface area contributed by atoms with Crippen LogP contribution in [0, 0.1) is 5.92 Å². The van der Waals surface area contributed by atoms with Crippen molar-refractivity contribution in [1.82, 2.24) is 10.6 Å². The molecule has 1 atom stereocenters. The highest BCUT2D eigenvalue weighted by molar-refractivity contribution is 7.98. The molecule has 4 nitrogen and oxygen atoms in total. The number of benzene rings is 1. The van der Waals surface area contributed by atoms with Crippen molar-refractivity contribution >= 4 is 23.6 Å². The molecule has 0 saturated heterocycles. The van der Waals surface area contributed by atoms with Crippen molar-refractivity contribution in [3.8, 4) is 0 Å². The van der Waals surface area contributed by atoms with E-state index >= 15 is 0 Å². The third kappa shape index (κ3) is 5.25. The summed E-state index contributed by atoms with van der Waals surface area (Å²) in [6, 6.07) is 7.46. The molecule has 0 aliphatic carbocycles. The molecule has 2 N–H and O–H groups in total. The lowest BCUT2D eigenvalue weighted by Crippen LogP contribution is -2.32. The molecule has 0 heterocycles. The first-order valence-electron chi connectivity index (χ1n) is 6.66. The lowest BCUT2D eigenvalue weighted by molar-refractivity contribution is -0.123. The average molecular weight is 294 g/mol. The summed E-state index contributed by atoms with van der Waals surface area (Å²) in [6.07, 6.45) is 2.72. The van der Waals surface area contributed by atoms with Gasteiger partial charge in [0.25, 0.3) is 5.91 Å². The van der Waals surface area contributed by atoms with Gasteiger partial charge < -0.3 is 10.6 Å². The Bertz CT molecular complexity index is 463. The fourth-order valence-electron chi connectivity index (χ4n) is 1.84. The Kier molecular flexibility index (Phi) is 7.15. The maximum Gasteiger partial charge on any atom is 0.251 e. The van der Waals surface area contributed by atoms with Crippen LogP contribution in [0.4, 0.5) is 0 Å². The average Bonchev–Trinajstić information content (AvgIpc) is 2.46. The van der Waals surface area contributed by atoms with E-state index in [1.165, 1.54) is 0 Å². The molecule has 0 fully saturated rings. The highest BCUT2D eigenvalue weighted by Crippen LogP contribution is 2.07. The lowest BCUT2D eigenvalue weighted by atomic mass is 10.1. The maximum absolute atomic E-state index is 11.8. The second-order valence-electron chi connectivity index (χ2n) is 4.68. The maximum atomic E-state index is 11.8. The van der Waals surface area contributed by atoms with Crippen LogP contribution >= 0.6 is 11.8 Å². The predicted octanol–water partition coefficient (Wildman–Crippen LogP) is 1.70. The van der Waals surface area contributed by atoms with Gasteiger partial charge in [0.1, 0.15) is 0 Å². The van der Waals surface area contributed by atoms with Gasteiger partial charge in [0.05, 0.1) is 0 Å². The number of carbonyl (C=O) groups is 2. The van der Waals surface area contributed by atoms with E-state index in [4.69, 9.17) is 0 Å². The monoisotopic (exact) mass is 294 g/mol. The molecular weight excluding hydrogens is 272 g/mol. The molecule has 1 aromatic rings. The number of hydrogen-bond acceptors (Lipinski definition) is 3. The number of thioether (sulfide) groups is 1. The van der Waals surface area contributed by atoms with Crippen LogP contribution in [0.25, 0.3) is 0 Å². The SMILES string of the molecule is CNC(=O)c1cccc(CCNC(=O)C(C)CSC)c1. The zero-order valence-electron chi connectivity index (χ0n) is 12.2. The number of rotatable bonds is 7. The van der Waals surface area contributed by atoms with E-state index in [-0.39, 0.29) is 17.7 Å². The molecule has 0 bridgehead atoms. The van der Waals surface area contributed by atoms with E-state index in [2.05, 4.69) is 10.6 Å². The molecule has 1 unspecified atom stereocenters. The first-order valence-corrected chi connectivity index (χ1v) is 8.05. The summed E-state index contributed by atoms with van der Waals surface area (Å²) in [7, 11) is 1.61. The number of nitrogens with one attached hydrogen (secondary N) is 2. The van der Waals surface area contributed by atoms with Crippen molar-refractivity contribution in [3.05, 3.63) is 35.4 Å². The van der Waals surface area contributed by atoms with Crippen molar-refractivity contribution in [1.29, 1.82) is 0 Å². The standard InChI is InChI=1S/C15H22N2O2S/c1-11(10-20-3)14(18)17-8-7-12-5-4-6-13(9-12)15(19)16-2/h4-6,9,11H,7-8,10H2,1-3H3,(H,16,19)(H,17,18). The van der Waals surface area contributed by atoms with Crippen molar-refractivity contribution in [2.24, 2.45) is 5.92 Å². The highest BCUT2D eigenvalue weighted by atomic mass is 32.2. The van der Waals surface area contributed by atoms with Crippen LogP contribution in [0.15, 0.2) is 24.3 Å². The zero-order chi connectivity index (χ0) is 15.0. The van der Waals surface area contributed by atoms with Gasteiger partial charge in [-0.05, 0) is 30.4 Å². The van der Waals surface area contributed by atoms with Crippen LogP contribution in [0.2, 0.25) is 0 Å². The molecule has 20 heavy (non-hydrogen) atoms. The molecule has 0 spiro atoms. The lowest BCUT2D eigenvalue weighted by Gasteiger charge is -2.11. The molecule has 0 aliphatic heterocycles. The Hall–Kier alpha value is -1.49. The van der Waals surface area contributed by atoms with Gasteiger partial charge in [-0.1, -0.05) is 19.1 Å². The van der Waals surface area contributed by atoms with Crippen molar-refractivity contribution in [2.45, 2.75) is 13.3 Å². The van der Waals surface area contributed by atoms with E-state index < -0.39 is 0 Å². The Labute approximate surface area is 124 Å². The molecule has 1 aromatic carbocycles. The smallest absolute Gasteiger partial charge is 0.251 e. The van der Waals surface area contributed by atoms with Crippen LogP contribution in [-0.2, 0) is 11.2 Å². The minimum atomic E-state index is -0.0931. The summed E-state index contributed by atoms with van der Waals surface area (Å²) < 4.78 is 0. The van der Waals surface area contributed by atoms with E-state index in [1.807, 2.05) is 31.4 Å². The third-order valence-electron chi connectivity index (χ3n) is 2.99. The molecule has 0 aliphatic rings. The molecular formula is C15H22N2O2S. The van der Waals surface area contributed by atoms with Gasteiger partial charge in [0.2, 0.25) is 5.91 Å². The quantitative estimate of drug-likeness (QED) is 0.805. The first kappa shape index (κ1) is 16.6. The summed E-state index contributed by atoms with van der Waals surface area (Å²) in [5, 5.41) is 5.53. The normalized spacial score (nSPS) is 11.8. The van der Waals surface area contributed by atoms with E-state index in [9.17, 15) is 9.59 Å². The molecule has 5 heteroatoms. The second-order valence-corrected chi connectivity index (χ2v) is 5.59. The van der Waals surface area contributed by atoms with Crippen molar-refractivity contribution < 1.29 is 9.59 Å². The van der Waals surface area contributed by atoms with Gasteiger partial charge >= 0.3 is 0 Å². The number of carbonyl (C=O) groups excluding carboxylic acids is 2. The minimum absolute atomic E-state index is 0.0298. The zero-order valence-corrected chi connectivity index (χ0v) is 13.0. The van der Waals surface area contributed by atoms with Crippen molar-refractivity contribution in [2.75, 3.05) is 25.6 Å². The number of amides is 2. The van der Waals surface area contributed by atoms with Gasteiger partial charge in [-0.15, -0.1) is 0 Å². The van der Waals surface area contributed by atoms with Crippen molar-refractivity contribution in [3.63, 3.8) is 0 Å². The molecule has 110 valence electrons. The van der Waals surface area contributed by atoms with E-state index in [0.29, 0.717) is 12.1 Å². The van der Waals surface area contributed by atoms with Gasteiger partial charge in [0, 0.05) is 30.8 Å². The fourth-order valence-corrected chi connectivity index (χ4v) is 2.49. The van der Waals surface area contributed by atoms with Gasteiger partial charge in [-0.2, -0.15) is 11.8 Å². The topological polar surface area (TPSA) is 58.2 Å². The van der Waals surface area contributed by atoms with Gasteiger partial charge in [0.15, 0.2) is 0 Å². The molecule has 2 amide bonds. The van der Waals surface area contributed by atoms with E-state index in [0.717, 1.165) is 17.7 Å². The van der Waals surface area contributed by atoms with E-state index in [1.54, 1.807) is 24.9 Å². The summed E-state index contributed by atoms with van der Waals surface area (Å²) in [4.78, 5) is 23.3. The van der Waals surface area contributed by atoms with Crippen LogP contribution in [0.3, 0.4) is 0 Å². The minimum Gasteiger partial charge on any atom is -0.356 e. The summed E-state index contributed by atoms with van der Waals surface area (Å²) >= 11 is 1.67. The fraction of sp³-hybridized carbons (Fsp3) is 0.467. The van der Waals surface area contributed by atoms with Crippen LogP contribution < -0.4 is 10.6 Å². The van der Waals surface area contributed by atoms with Crippen LogP contribution in [0.5, 0.6) is 0 Å². The Morgan fingerprint density at radius 3 is 2.75 bits per heavy atom. The Morgan fingerprint density at radius 1 is 1.35 bits per heavy atom. The van der Waals surface area contributed by atoms with Crippen LogP contribution in [-0.4, -0.2) is 37.4 Å². The first-order chi connectivity index (χ1) is 9.58. The second kappa shape index (κ2) is 8.64. The largest absolute Gasteiger partial charge is 0.356 e. The Morgan fingerprint density at radius 2 is 2.10 bits per heavy atom. The summed E-state index contributed by atoms with van der Waals surface area (Å²) in [6.45, 7) is 2.52. The molecule has 0 saturated carbocycles. The third-order valence-corrected chi connectivity index (χ3v) is 3.83. The molecule has 0 radical (unpaired) electrons. The molecule has 0 aromatic heterocycles. The summed E-state index contributed by atoms with van der Waals surface area (Å²) in [5.74, 6) is 0.853. The van der Waals surface area contributed by atoms with Gasteiger partial charge in [-0.3, -0.25) is 9.59 Å². The van der Waals surface area contributed by atoms with Gasteiger partial charge in [-0.25, -0.2) is 0 Å². The highest BCUT2D eigenvalue weighted by Gasteiger charge is 2.11. The van der Waals surface area contributed by atoms with Crippen LogP contribution in [0.1, 0.15) is 22.8 Å². The summed E-state index contributed by atoms with van der Waals surface area (Å²) in [5.41, 5.74) is 1.69. The predicted molar refractivity (Wildman–Crippen MR) is 84.1 cm³/mol. The molecule has 1 rings (SSSR count). The Balaban J connectivity index is 2.46.